The minimum absolute atomic E-state index is 0.223. The molecule has 0 saturated heterocycles. The molecular formula is C15H15ClN4O2S. The van der Waals surface area contributed by atoms with E-state index in [-0.39, 0.29) is 10.9 Å². The predicted octanol–water partition coefficient (Wildman–Crippen LogP) is 3.79. The van der Waals surface area contributed by atoms with Crippen LogP contribution in [0.4, 0.5) is 16.3 Å². The number of halogens is 1. The number of para-hydroxylation sites is 1. The van der Waals surface area contributed by atoms with Crippen LogP contribution in [0.15, 0.2) is 30.5 Å². The molecule has 1 heterocycles. The van der Waals surface area contributed by atoms with E-state index in [2.05, 4.69) is 20.6 Å². The Morgan fingerprint density at radius 2 is 2.09 bits per heavy atom. The summed E-state index contributed by atoms with van der Waals surface area (Å²) in [5.74, 6) is 0.779. The first kappa shape index (κ1) is 17.1. The van der Waals surface area contributed by atoms with Gasteiger partial charge in [-0.15, -0.1) is 0 Å². The summed E-state index contributed by atoms with van der Waals surface area (Å²) in [5.41, 5.74) is 0.938. The van der Waals surface area contributed by atoms with E-state index in [1.165, 1.54) is 6.20 Å². The molecule has 2 aromatic rings. The monoisotopic (exact) mass is 350 g/mol. The Morgan fingerprint density at radius 3 is 2.78 bits per heavy atom. The van der Waals surface area contributed by atoms with E-state index in [1.54, 1.807) is 31.2 Å². The first-order valence-electron chi connectivity index (χ1n) is 6.84. The average molecular weight is 351 g/mol. The highest BCUT2D eigenvalue weighted by atomic mass is 35.5. The number of aryl methyl sites for hydroxylation is 1. The maximum atomic E-state index is 12.2. The van der Waals surface area contributed by atoms with E-state index in [9.17, 15) is 4.79 Å². The molecule has 0 aliphatic carbocycles. The van der Waals surface area contributed by atoms with Gasteiger partial charge in [-0.1, -0.05) is 23.7 Å². The first-order valence-corrected chi connectivity index (χ1v) is 7.63. The van der Waals surface area contributed by atoms with Gasteiger partial charge >= 0.3 is 6.03 Å². The molecule has 8 heteroatoms. The Hall–Kier alpha value is -2.25. The number of rotatable bonds is 4. The van der Waals surface area contributed by atoms with E-state index in [4.69, 9.17) is 28.6 Å². The third-order valence-electron chi connectivity index (χ3n) is 2.76. The summed E-state index contributed by atoms with van der Waals surface area (Å²) in [6.07, 6.45) is 1.52. The molecule has 0 aliphatic heterocycles. The van der Waals surface area contributed by atoms with Crippen LogP contribution in [0.2, 0.25) is 5.02 Å². The van der Waals surface area contributed by atoms with Gasteiger partial charge in [-0.2, -0.15) is 0 Å². The van der Waals surface area contributed by atoms with Crippen LogP contribution in [-0.2, 0) is 4.74 Å². The van der Waals surface area contributed by atoms with Crippen LogP contribution in [0, 0.1) is 6.92 Å². The van der Waals surface area contributed by atoms with Crippen molar-refractivity contribution in [3.8, 4) is 0 Å². The number of carbonyl (C=O) groups is 1. The van der Waals surface area contributed by atoms with Gasteiger partial charge in [0.25, 0.3) is 0 Å². The molecule has 1 aromatic carbocycles. The van der Waals surface area contributed by atoms with E-state index < -0.39 is 6.03 Å². The highest BCUT2D eigenvalue weighted by Gasteiger charge is 2.15. The number of nitrogens with one attached hydrogen (secondary N) is 2. The largest absolute Gasteiger partial charge is 0.483 e. The molecule has 0 spiro atoms. The number of carbonyl (C=O) groups excluding carboxylic acids is 1. The predicted molar refractivity (Wildman–Crippen MR) is 94.2 cm³/mol. The van der Waals surface area contributed by atoms with Crippen LogP contribution < -0.4 is 10.6 Å². The summed E-state index contributed by atoms with van der Waals surface area (Å²) in [6, 6.07) is 6.43. The normalized spacial score (nSPS) is 10.0. The quantitative estimate of drug-likeness (QED) is 0.820. The van der Waals surface area contributed by atoms with E-state index >= 15 is 0 Å². The number of benzene rings is 1. The first-order chi connectivity index (χ1) is 11.0. The summed E-state index contributed by atoms with van der Waals surface area (Å²) in [5, 5.41) is 5.95. The molecule has 2 rings (SSSR count). The highest BCUT2D eigenvalue weighted by Crippen LogP contribution is 2.21. The summed E-state index contributed by atoms with van der Waals surface area (Å²) in [4.78, 5) is 20.4. The van der Waals surface area contributed by atoms with Crippen molar-refractivity contribution >= 4 is 46.4 Å². The van der Waals surface area contributed by atoms with Crippen LogP contribution >= 0.6 is 23.8 Å². The third-order valence-corrected chi connectivity index (χ3v) is 3.43. The molecule has 2 amide bonds. The minimum atomic E-state index is -0.489. The van der Waals surface area contributed by atoms with Crippen molar-refractivity contribution in [2.24, 2.45) is 0 Å². The van der Waals surface area contributed by atoms with Crippen molar-refractivity contribution in [2.75, 3.05) is 17.2 Å². The summed E-state index contributed by atoms with van der Waals surface area (Å²) in [7, 11) is 0. The molecule has 2 N–H and O–H groups in total. The van der Waals surface area contributed by atoms with Gasteiger partial charge in [0, 0.05) is 6.20 Å². The second-order valence-corrected chi connectivity index (χ2v) is 5.24. The number of anilines is 2. The van der Waals surface area contributed by atoms with Crippen LogP contribution in [0.1, 0.15) is 18.3 Å². The lowest BCUT2D eigenvalue weighted by Crippen LogP contribution is -2.22. The van der Waals surface area contributed by atoms with Gasteiger partial charge in [0.2, 0.25) is 0 Å². The molecule has 0 radical (unpaired) electrons. The second kappa shape index (κ2) is 7.85. The number of nitrogens with zero attached hydrogens (tertiary/aromatic N) is 2. The minimum Gasteiger partial charge on any atom is -0.483 e. The lowest BCUT2D eigenvalue weighted by molar-refractivity contribution is 0.262. The van der Waals surface area contributed by atoms with Gasteiger partial charge < -0.3 is 10.1 Å². The standard InChI is InChI=1S/C15H15ClN4O2S/c1-3-22-14(23)10-8-17-9(2)18-13(10)20-15(21)19-12-7-5-4-6-11(12)16/h4-8H,3H2,1-2H3,(H2,17,18,19,20,21). The van der Waals surface area contributed by atoms with Crippen molar-refractivity contribution in [2.45, 2.75) is 13.8 Å². The molecule has 0 aliphatic rings. The zero-order valence-corrected chi connectivity index (χ0v) is 14.2. The Kier molecular flexibility index (Phi) is 5.84. The Labute approximate surface area is 144 Å². The van der Waals surface area contributed by atoms with Gasteiger partial charge in [-0.3, -0.25) is 5.32 Å². The molecule has 23 heavy (non-hydrogen) atoms. The zero-order chi connectivity index (χ0) is 16.8. The van der Waals surface area contributed by atoms with Crippen LogP contribution in [-0.4, -0.2) is 27.7 Å². The smallest absolute Gasteiger partial charge is 0.324 e. The topological polar surface area (TPSA) is 76.1 Å². The maximum absolute atomic E-state index is 12.2. The molecule has 0 saturated carbocycles. The summed E-state index contributed by atoms with van der Waals surface area (Å²) < 4.78 is 5.29. The number of urea groups is 1. The lowest BCUT2D eigenvalue weighted by atomic mass is 10.3. The molecule has 0 unspecified atom stereocenters. The van der Waals surface area contributed by atoms with Gasteiger partial charge in [0.05, 0.1) is 22.9 Å². The maximum Gasteiger partial charge on any atom is 0.324 e. The van der Waals surface area contributed by atoms with Crippen molar-refractivity contribution in [1.29, 1.82) is 0 Å². The number of thiocarbonyl (C=S) groups is 1. The fraction of sp³-hybridized carbons (Fsp3) is 0.200. The number of ether oxygens (including phenoxy) is 1. The average Bonchev–Trinajstić information content (AvgIpc) is 2.50. The SMILES string of the molecule is CCOC(=S)c1cnc(C)nc1NC(=O)Nc1ccccc1Cl. The van der Waals surface area contributed by atoms with E-state index in [0.717, 1.165) is 0 Å². The summed E-state index contributed by atoms with van der Waals surface area (Å²) in [6.45, 7) is 3.95. The van der Waals surface area contributed by atoms with E-state index in [1.807, 2.05) is 6.92 Å². The van der Waals surface area contributed by atoms with Crippen molar-refractivity contribution in [3.05, 3.63) is 46.9 Å². The molecular weight excluding hydrogens is 336 g/mol. The Balaban J connectivity index is 2.18. The van der Waals surface area contributed by atoms with Crippen LogP contribution in [0.5, 0.6) is 0 Å². The van der Waals surface area contributed by atoms with Gasteiger partial charge in [0.15, 0.2) is 5.05 Å². The van der Waals surface area contributed by atoms with E-state index in [0.29, 0.717) is 28.7 Å². The van der Waals surface area contributed by atoms with Gasteiger partial charge in [-0.05, 0) is 38.2 Å². The van der Waals surface area contributed by atoms with Crippen molar-refractivity contribution < 1.29 is 9.53 Å². The van der Waals surface area contributed by atoms with Crippen LogP contribution in [0.25, 0.3) is 0 Å². The highest BCUT2D eigenvalue weighted by molar-refractivity contribution is 7.80. The number of amides is 2. The third kappa shape index (κ3) is 4.61. The van der Waals surface area contributed by atoms with Crippen molar-refractivity contribution in [1.82, 2.24) is 9.97 Å². The lowest BCUT2D eigenvalue weighted by Gasteiger charge is -2.12. The van der Waals surface area contributed by atoms with Crippen LogP contribution in [0.3, 0.4) is 0 Å². The Morgan fingerprint density at radius 1 is 1.35 bits per heavy atom. The molecule has 1 aromatic heterocycles. The number of hydrogen-bond acceptors (Lipinski definition) is 5. The number of aromatic nitrogens is 2. The fourth-order valence-electron chi connectivity index (χ4n) is 1.75. The van der Waals surface area contributed by atoms with Crippen molar-refractivity contribution in [3.63, 3.8) is 0 Å². The molecule has 120 valence electrons. The Bertz CT molecular complexity index is 739. The molecule has 0 bridgehead atoms. The fourth-order valence-corrected chi connectivity index (χ4v) is 2.20. The second-order valence-electron chi connectivity index (χ2n) is 4.46. The molecule has 6 nitrogen and oxygen atoms in total. The number of hydrogen-bond donors (Lipinski definition) is 2. The van der Waals surface area contributed by atoms with Gasteiger partial charge in [0.1, 0.15) is 11.6 Å². The molecule has 0 fully saturated rings. The van der Waals surface area contributed by atoms with Gasteiger partial charge in [-0.25, -0.2) is 14.8 Å². The zero-order valence-electron chi connectivity index (χ0n) is 12.6. The molecule has 0 atom stereocenters. The summed E-state index contributed by atoms with van der Waals surface area (Å²) >= 11 is 11.2.